The normalized spacial score (nSPS) is 19.6. The van der Waals surface area contributed by atoms with Crippen molar-refractivity contribution >= 4 is 21.4 Å². The molecule has 0 bridgehead atoms. The van der Waals surface area contributed by atoms with Crippen molar-refractivity contribution in [3.05, 3.63) is 39.8 Å². The minimum absolute atomic E-state index is 0.104. The van der Waals surface area contributed by atoms with Gasteiger partial charge in [-0.15, -0.1) is 11.3 Å². The molecule has 7 heteroatoms. The van der Waals surface area contributed by atoms with E-state index >= 15 is 0 Å². The van der Waals surface area contributed by atoms with Crippen LogP contribution < -0.4 is 5.32 Å². The smallest absolute Gasteiger partial charge is 0.245 e. The van der Waals surface area contributed by atoms with Gasteiger partial charge in [-0.2, -0.15) is 4.31 Å². The van der Waals surface area contributed by atoms with Crippen LogP contribution in [0.5, 0.6) is 0 Å². The van der Waals surface area contributed by atoms with Gasteiger partial charge in [0.2, 0.25) is 10.0 Å². The summed E-state index contributed by atoms with van der Waals surface area (Å²) in [6, 6.07) is 3.64. The van der Waals surface area contributed by atoms with Crippen molar-refractivity contribution < 1.29 is 8.42 Å². The molecule has 1 aliphatic heterocycles. The number of aromatic amines is 1. The highest BCUT2D eigenvalue weighted by atomic mass is 32.2. The Kier molecular flexibility index (Phi) is 3.92. The van der Waals surface area contributed by atoms with Crippen LogP contribution in [0.25, 0.3) is 0 Å². The van der Waals surface area contributed by atoms with E-state index in [9.17, 15) is 8.42 Å². The van der Waals surface area contributed by atoms with Crippen LogP contribution in [0.2, 0.25) is 0 Å². The SMILES string of the molecule is CNCc1cc(S(=O)(=O)N2CCc3sccc3C2C)c[nH]1. The summed E-state index contributed by atoms with van der Waals surface area (Å²) in [5.41, 5.74) is 2.01. The van der Waals surface area contributed by atoms with Crippen LogP contribution in [0.3, 0.4) is 0 Å². The summed E-state index contributed by atoms with van der Waals surface area (Å²) in [4.78, 5) is 4.66. The Morgan fingerprint density at radius 3 is 3.10 bits per heavy atom. The minimum Gasteiger partial charge on any atom is -0.363 e. The zero-order valence-corrected chi connectivity index (χ0v) is 13.7. The quantitative estimate of drug-likeness (QED) is 0.905. The van der Waals surface area contributed by atoms with E-state index in [0.717, 1.165) is 17.7 Å². The van der Waals surface area contributed by atoms with Gasteiger partial charge in [-0.3, -0.25) is 0 Å². The maximum Gasteiger partial charge on any atom is 0.245 e. The maximum atomic E-state index is 12.8. The molecule has 0 saturated heterocycles. The molecule has 0 saturated carbocycles. The van der Waals surface area contributed by atoms with Crippen LogP contribution in [0.4, 0.5) is 0 Å². The summed E-state index contributed by atoms with van der Waals surface area (Å²) in [6.07, 6.45) is 2.38. The van der Waals surface area contributed by atoms with Crippen LogP contribution in [0.1, 0.15) is 29.1 Å². The number of rotatable bonds is 4. The van der Waals surface area contributed by atoms with Gasteiger partial charge >= 0.3 is 0 Å². The van der Waals surface area contributed by atoms with Crippen molar-refractivity contribution in [3.8, 4) is 0 Å². The largest absolute Gasteiger partial charge is 0.363 e. The molecule has 0 fully saturated rings. The molecule has 2 N–H and O–H groups in total. The lowest BCUT2D eigenvalue weighted by molar-refractivity contribution is 0.329. The number of hydrogen-bond acceptors (Lipinski definition) is 4. The molecular weight excluding hydrogens is 306 g/mol. The lowest BCUT2D eigenvalue weighted by Gasteiger charge is -2.32. The summed E-state index contributed by atoms with van der Waals surface area (Å²) >= 11 is 1.71. The second kappa shape index (κ2) is 5.57. The third kappa shape index (κ3) is 2.55. The van der Waals surface area contributed by atoms with Crippen molar-refractivity contribution in [1.82, 2.24) is 14.6 Å². The first-order chi connectivity index (χ1) is 10.0. The van der Waals surface area contributed by atoms with E-state index in [0.29, 0.717) is 18.0 Å². The van der Waals surface area contributed by atoms with Crippen LogP contribution >= 0.6 is 11.3 Å². The van der Waals surface area contributed by atoms with E-state index in [2.05, 4.69) is 10.3 Å². The third-order valence-electron chi connectivity index (χ3n) is 3.91. The Labute approximate surface area is 129 Å². The van der Waals surface area contributed by atoms with E-state index in [1.807, 2.05) is 25.4 Å². The van der Waals surface area contributed by atoms with Gasteiger partial charge in [-0.1, -0.05) is 0 Å². The van der Waals surface area contributed by atoms with Crippen molar-refractivity contribution in [2.24, 2.45) is 0 Å². The number of hydrogen-bond donors (Lipinski definition) is 2. The van der Waals surface area contributed by atoms with Gasteiger partial charge in [0.15, 0.2) is 0 Å². The number of thiophene rings is 1. The summed E-state index contributed by atoms with van der Waals surface area (Å²) in [7, 11) is -1.62. The van der Waals surface area contributed by atoms with E-state index in [4.69, 9.17) is 0 Å². The Balaban J connectivity index is 1.91. The molecule has 0 aliphatic carbocycles. The van der Waals surface area contributed by atoms with Crippen LogP contribution in [0.15, 0.2) is 28.6 Å². The Bertz CT molecular complexity index is 733. The van der Waals surface area contributed by atoms with Crippen molar-refractivity contribution in [2.45, 2.75) is 30.8 Å². The molecule has 2 aromatic rings. The van der Waals surface area contributed by atoms with Crippen LogP contribution in [0, 0.1) is 0 Å². The number of fused-ring (bicyclic) bond motifs is 1. The van der Waals surface area contributed by atoms with Gasteiger partial charge in [-0.25, -0.2) is 8.42 Å². The summed E-state index contributed by atoms with van der Waals surface area (Å²) in [6.45, 7) is 3.13. The zero-order chi connectivity index (χ0) is 15.0. The minimum atomic E-state index is -3.45. The molecule has 2 aromatic heterocycles. The molecule has 0 radical (unpaired) electrons. The first-order valence-electron chi connectivity index (χ1n) is 6.94. The Hall–Kier alpha value is -1.15. The molecule has 1 atom stereocenters. The highest BCUT2D eigenvalue weighted by Crippen LogP contribution is 2.36. The molecule has 1 aliphatic rings. The Morgan fingerprint density at radius 2 is 2.33 bits per heavy atom. The van der Waals surface area contributed by atoms with Gasteiger partial charge < -0.3 is 10.3 Å². The lowest BCUT2D eigenvalue weighted by atomic mass is 10.0. The first-order valence-corrected chi connectivity index (χ1v) is 9.26. The van der Waals surface area contributed by atoms with Gasteiger partial charge in [-0.05, 0) is 43.5 Å². The average molecular weight is 325 g/mol. The zero-order valence-electron chi connectivity index (χ0n) is 12.1. The molecular formula is C14H19N3O2S2. The number of nitrogens with zero attached hydrogens (tertiary/aromatic N) is 1. The van der Waals surface area contributed by atoms with E-state index < -0.39 is 10.0 Å². The van der Waals surface area contributed by atoms with Gasteiger partial charge in [0.05, 0.1) is 4.90 Å². The predicted octanol–water partition coefficient (Wildman–Crippen LogP) is 2.10. The third-order valence-corrected chi connectivity index (χ3v) is 6.86. The summed E-state index contributed by atoms with van der Waals surface area (Å²) in [5.74, 6) is 0. The topological polar surface area (TPSA) is 65.2 Å². The summed E-state index contributed by atoms with van der Waals surface area (Å²) < 4.78 is 27.3. The fraction of sp³-hybridized carbons (Fsp3) is 0.429. The van der Waals surface area contributed by atoms with Crippen LogP contribution in [-0.4, -0.2) is 31.3 Å². The molecule has 114 valence electrons. The molecule has 0 amide bonds. The highest BCUT2D eigenvalue weighted by Gasteiger charge is 2.34. The van der Waals surface area contributed by atoms with E-state index in [1.54, 1.807) is 27.9 Å². The molecule has 5 nitrogen and oxygen atoms in total. The number of sulfonamides is 1. The monoisotopic (exact) mass is 325 g/mol. The molecule has 0 aromatic carbocycles. The van der Waals surface area contributed by atoms with E-state index in [1.165, 1.54) is 4.88 Å². The van der Waals surface area contributed by atoms with Gasteiger partial charge in [0.25, 0.3) is 0 Å². The fourth-order valence-corrected chi connectivity index (χ4v) is 5.40. The number of nitrogens with one attached hydrogen (secondary N) is 2. The van der Waals surface area contributed by atoms with Crippen molar-refractivity contribution in [1.29, 1.82) is 0 Å². The number of H-pyrrole nitrogens is 1. The average Bonchev–Trinajstić information content (AvgIpc) is 3.08. The Morgan fingerprint density at radius 1 is 1.52 bits per heavy atom. The van der Waals surface area contributed by atoms with E-state index in [-0.39, 0.29) is 6.04 Å². The second-order valence-corrected chi connectivity index (χ2v) is 8.12. The lowest BCUT2D eigenvalue weighted by Crippen LogP contribution is -2.38. The fourth-order valence-electron chi connectivity index (χ4n) is 2.81. The standard InChI is InChI=1S/C14H19N3O2S2/c1-10-13-4-6-20-14(13)3-5-17(10)21(18,19)12-7-11(8-15-2)16-9-12/h4,6-7,9-10,15-16H,3,5,8H2,1-2H3. The maximum absolute atomic E-state index is 12.8. The van der Waals surface area contributed by atoms with Crippen molar-refractivity contribution in [3.63, 3.8) is 0 Å². The molecule has 1 unspecified atom stereocenters. The second-order valence-electron chi connectivity index (χ2n) is 5.23. The molecule has 3 rings (SSSR count). The highest BCUT2D eigenvalue weighted by molar-refractivity contribution is 7.89. The summed E-state index contributed by atoms with van der Waals surface area (Å²) in [5, 5.41) is 5.05. The molecule has 0 spiro atoms. The van der Waals surface area contributed by atoms with Crippen molar-refractivity contribution in [2.75, 3.05) is 13.6 Å². The molecule has 21 heavy (non-hydrogen) atoms. The van der Waals surface area contributed by atoms with Gasteiger partial charge in [0.1, 0.15) is 0 Å². The number of aromatic nitrogens is 1. The predicted molar refractivity (Wildman–Crippen MR) is 83.9 cm³/mol. The first kappa shape index (κ1) is 14.8. The van der Waals surface area contributed by atoms with Gasteiger partial charge in [0, 0.05) is 35.9 Å². The van der Waals surface area contributed by atoms with Crippen LogP contribution in [-0.2, 0) is 23.0 Å². The molecule has 3 heterocycles.